The Kier molecular flexibility index (Phi) is 6.04. The lowest BCUT2D eigenvalue weighted by Gasteiger charge is -2.40. The van der Waals surface area contributed by atoms with E-state index in [2.05, 4.69) is 4.74 Å². The third-order valence-electron chi connectivity index (χ3n) is 3.70. The van der Waals surface area contributed by atoms with E-state index in [0.717, 1.165) is 0 Å². The van der Waals surface area contributed by atoms with Crippen molar-refractivity contribution in [2.24, 2.45) is 0 Å². The molecule has 30 heavy (non-hydrogen) atoms. The third kappa shape index (κ3) is 3.29. The van der Waals surface area contributed by atoms with E-state index in [1.165, 1.54) is 0 Å². The van der Waals surface area contributed by atoms with Gasteiger partial charge in [0.15, 0.2) is 0 Å². The van der Waals surface area contributed by atoms with Gasteiger partial charge in [0, 0.05) is 5.56 Å². The Morgan fingerprint density at radius 2 is 1.20 bits per heavy atom. The molecule has 0 radical (unpaired) electrons. The van der Waals surface area contributed by atoms with Crippen LogP contribution in [0.2, 0.25) is 0 Å². The van der Waals surface area contributed by atoms with Crippen LogP contribution in [0.3, 0.4) is 0 Å². The topological polar surface area (TPSA) is 46.5 Å². The van der Waals surface area contributed by atoms with E-state index in [1.54, 1.807) is 0 Å². The number of methoxy groups -OCH3 is 1. The molecule has 0 aliphatic heterocycles. The molecule has 0 unspecified atom stereocenters. The minimum Gasteiger partial charge on any atom is -0.507 e. The van der Waals surface area contributed by atoms with Crippen molar-refractivity contribution in [3.8, 4) is 5.75 Å². The number of esters is 1. The number of rotatable bonds is 6. The largest absolute Gasteiger partial charge is 0.507 e. The molecule has 0 heterocycles. The molecular formula is C14H7F13O3. The zero-order valence-corrected chi connectivity index (χ0v) is 13.9. The number of aromatic hydroxyl groups is 1. The molecule has 0 fully saturated rings. The summed E-state index contributed by atoms with van der Waals surface area (Å²) in [4.78, 5) is 11.4. The summed E-state index contributed by atoms with van der Waals surface area (Å²) >= 11 is 0. The first kappa shape index (κ1) is 25.6. The predicted molar refractivity (Wildman–Crippen MR) is 69.2 cm³/mol. The predicted octanol–water partition coefficient (Wildman–Crippen LogP) is 5.37. The van der Waals surface area contributed by atoms with Gasteiger partial charge in [-0.3, -0.25) is 0 Å². The molecule has 0 bridgehead atoms. The third-order valence-corrected chi connectivity index (χ3v) is 3.70. The van der Waals surface area contributed by atoms with Gasteiger partial charge < -0.3 is 9.84 Å². The van der Waals surface area contributed by atoms with Gasteiger partial charge in [0.05, 0.1) is 7.11 Å². The SMILES string of the molecule is COC(=O)c1c(O)cccc1C(F)(F)C(F)(F)C(F)(F)C(F)(F)C(F)(F)C(F)(F)F. The molecule has 3 nitrogen and oxygen atoms in total. The highest BCUT2D eigenvalue weighted by atomic mass is 19.4. The van der Waals surface area contributed by atoms with E-state index < -0.39 is 58.6 Å². The fraction of sp³-hybridized carbons (Fsp3) is 0.500. The first-order valence-corrected chi connectivity index (χ1v) is 6.99. The standard InChI is InChI=1S/C14H7F13O3/c1-30-8(29)7-5(3-2-4-6(7)28)9(15,16)10(17,18)11(19,20)12(21,22)13(23,24)14(25,26)27/h2-4,28H,1H3. The Balaban J connectivity index is 3.79. The van der Waals surface area contributed by atoms with Gasteiger partial charge in [0.2, 0.25) is 0 Å². The zero-order valence-electron chi connectivity index (χ0n) is 13.9. The van der Waals surface area contributed by atoms with Gasteiger partial charge in [0.25, 0.3) is 0 Å². The van der Waals surface area contributed by atoms with Gasteiger partial charge in [-0.15, -0.1) is 0 Å². The highest BCUT2D eigenvalue weighted by molar-refractivity contribution is 5.94. The molecule has 0 aromatic heterocycles. The molecule has 0 saturated heterocycles. The van der Waals surface area contributed by atoms with E-state index in [0.29, 0.717) is 13.2 Å². The maximum atomic E-state index is 14.2. The number of benzene rings is 1. The van der Waals surface area contributed by atoms with E-state index >= 15 is 0 Å². The average molecular weight is 470 g/mol. The van der Waals surface area contributed by atoms with Crippen LogP contribution in [0.25, 0.3) is 0 Å². The van der Waals surface area contributed by atoms with Gasteiger partial charge in [-0.2, -0.15) is 57.1 Å². The lowest BCUT2D eigenvalue weighted by Crippen LogP contribution is -2.69. The summed E-state index contributed by atoms with van der Waals surface area (Å²) in [7, 11) is 0.432. The van der Waals surface area contributed by atoms with Crippen LogP contribution in [-0.2, 0) is 10.7 Å². The average Bonchev–Trinajstić information content (AvgIpc) is 2.59. The summed E-state index contributed by atoms with van der Waals surface area (Å²) in [5, 5.41) is 9.34. The molecule has 0 atom stereocenters. The number of alkyl halides is 13. The van der Waals surface area contributed by atoms with Crippen molar-refractivity contribution >= 4 is 5.97 Å². The Bertz CT molecular complexity index is 814. The molecule has 1 rings (SSSR count). The second kappa shape index (κ2) is 7.08. The fourth-order valence-electron chi connectivity index (χ4n) is 2.06. The summed E-state index contributed by atoms with van der Waals surface area (Å²) in [6, 6.07) is 0.340. The van der Waals surface area contributed by atoms with E-state index in [-0.39, 0.29) is 12.1 Å². The van der Waals surface area contributed by atoms with Crippen molar-refractivity contribution in [3.05, 3.63) is 29.3 Å². The number of carbonyl (C=O) groups excluding carboxylic acids is 1. The van der Waals surface area contributed by atoms with Crippen LogP contribution in [0.15, 0.2) is 18.2 Å². The van der Waals surface area contributed by atoms with Crippen molar-refractivity contribution in [1.82, 2.24) is 0 Å². The van der Waals surface area contributed by atoms with Crippen LogP contribution >= 0.6 is 0 Å². The quantitative estimate of drug-likeness (QED) is 0.449. The van der Waals surface area contributed by atoms with Crippen molar-refractivity contribution in [3.63, 3.8) is 0 Å². The Labute approximate surface area is 157 Å². The lowest BCUT2D eigenvalue weighted by molar-refractivity contribution is -0.441. The summed E-state index contributed by atoms with van der Waals surface area (Å²) < 4.78 is 175. The maximum absolute atomic E-state index is 14.2. The first-order valence-electron chi connectivity index (χ1n) is 6.99. The van der Waals surface area contributed by atoms with Crippen LogP contribution in [0.5, 0.6) is 5.75 Å². The Hall–Kier alpha value is -2.42. The number of phenolic OH excluding ortho intramolecular Hbond substituents is 1. The van der Waals surface area contributed by atoms with Gasteiger partial charge in [-0.1, -0.05) is 12.1 Å². The number of hydrogen-bond donors (Lipinski definition) is 1. The number of ether oxygens (including phenoxy) is 1. The van der Waals surface area contributed by atoms with Gasteiger partial charge >= 0.3 is 41.8 Å². The van der Waals surface area contributed by atoms with Gasteiger partial charge in [0.1, 0.15) is 11.3 Å². The monoisotopic (exact) mass is 470 g/mol. The molecule has 0 aliphatic carbocycles. The first-order chi connectivity index (χ1) is 13.1. The molecule has 0 spiro atoms. The van der Waals surface area contributed by atoms with Crippen LogP contribution in [0.4, 0.5) is 57.1 Å². The molecule has 1 N–H and O–H groups in total. The second-order valence-corrected chi connectivity index (χ2v) is 5.56. The van der Waals surface area contributed by atoms with E-state index in [9.17, 15) is 67.0 Å². The molecule has 0 saturated carbocycles. The highest BCUT2D eigenvalue weighted by Gasteiger charge is 2.91. The minimum absolute atomic E-state index is 0.238. The number of phenols is 1. The molecule has 0 amide bonds. The molecule has 1 aromatic carbocycles. The summed E-state index contributed by atoms with van der Waals surface area (Å²) in [6.07, 6.45) is -7.53. The number of halogens is 13. The van der Waals surface area contributed by atoms with Crippen molar-refractivity contribution in [1.29, 1.82) is 0 Å². The Morgan fingerprint density at radius 1 is 0.767 bits per heavy atom. The van der Waals surface area contributed by atoms with Gasteiger partial charge in [-0.25, -0.2) is 4.79 Å². The van der Waals surface area contributed by atoms with Crippen LogP contribution in [0.1, 0.15) is 15.9 Å². The van der Waals surface area contributed by atoms with Crippen molar-refractivity contribution < 1.29 is 71.7 Å². The smallest absolute Gasteiger partial charge is 0.460 e. The van der Waals surface area contributed by atoms with Crippen molar-refractivity contribution in [2.45, 2.75) is 35.8 Å². The molecule has 0 aliphatic rings. The maximum Gasteiger partial charge on any atom is 0.460 e. The lowest BCUT2D eigenvalue weighted by atomic mass is 9.88. The summed E-state index contributed by atoms with van der Waals surface area (Å²) in [6.45, 7) is 0. The Morgan fingerprint density at radius 3 is 1.60 bits per heavy atom. The van der Waals surface area contributed by atoms with Crippen LogP contribution in [-0.4, -0.2) is 48.1 Å². The number of hydrogen-bond acceptors (Lipinski definition) is 3. The molecular weight excluding hydrogens is 463 g/mol. The number of carbonyl (C=O) groups is 1. The van der Waals surface area contributed by atoms with Crippen LogP contribution < -0.4 is 0 Å². The fourth-order valence-corrected chi connectivity index (χ4v) is 2.06. The minimum atomic E-state index is -8.08. The van der Waals surface area contributed by atoms with Crippen molar-refractivity contribution in [2.75, 3.05) is 7.11 Å². The summed E-state index contributed by atoms with van der Waals surface area (Å²) in [5.41, 5.74) is -4.56. The normalized spacial score (nSPS) is 14.6. The molecule has 172 valence electrons. The second-order valence-electron chi connectivity index (χ2n) is 5.56. The molecule has 16 heteroatoms. The van der Waals surface area contributed by atoms with Crippen LogP contribution in [0, 0.1) is 0 Å². The highest BCUT2D eigenvalue weighted by Crippen LogP contribution is 2.62. The molecule has 1 aromatic rings. The zero-order chi connectivity index (χ0) is 24.1. The van der Waals surface area contributed by atoms with E-state index in [4.69, 9.17) is 0 Å². The van der Waals surface area contributed by atoms with Gasteiger partial charge in [-0.05, 0) is 6.07 Å². The van der Waals surface area contributed by atoms with E-state index in [1.807, 2.05) is 0 Å². The summed E-state index contributed by atoms with van der Waals surface area (Å²) in [5.74, 6) is -42.0.